The molecule has 0 saturated heterocycles. The van der Waals surface area contributed by atoms with Crippen molar-refractivity contribution in [3.63, 3.8) is 0 Å². The molecule has 0 atom stereocenters. The highest BCUT2D eigenvalue weighted by atomic mass is 35.5. The smallest absolute Gasteiger partial charge is 0.155 e. The molecule has 0 aromatic carbocycles. The van der Waals surface area contributed by atoms with E-state index < -0.39 is 0 Å². The average Bonchev–Trinajstić information content (AvgIpc) is 2.56. The molecule has 0 radical (unpaired) electrons. The van der Waals surface area contributed by atoms with Crippen molar-refractivity contribution in [3.05, 3.63) is 35.6 Å². The summed E-state index contributed by atoms with van der Waals surface area (Å²) in [5, 5.41) is 3.83. The van der Waals surface area contributed by atoms with Crippen molar-refractivity contribution in [1.29, 1.82) is 0 Å². The molecule has 1 aromatic heterocycles. The largest absolute Gasteiger partial charge is 0.366 e. The highest BCUT2D eigenvalue weighted by Gasteiger charge is 1.96. The van der Waals surface area contributed by atoms with E-state index in [0.717, 1.165) is 9.35 Å². The number of thiocarbonyl (C=S) groups is 1. The van der Waals surface area contributed by atoms with Crippen molar-refractivity contribution in [2.24, 2.45) is 0 Å². The summed E-state index contributed by atoms with van der Waals surface area (Å²) in [6, 6.07) is 3.91. The van der Waals surface area contributed by atoms with Crippen LogP contribution in [0.5, 0.6) is 0 Å². The lowest BCUT2D eigenvalue weighted by atomic mass is 10.5. The lowest BCUT2D eigenvalue weighted by molar-refractivity contribution is 1.07. The predicted molar refractivity (Wildman–Crippen MR) is 67.6 cm³/mol. The first-order valence-corrected chi connectivity index (χ1v) is 5.66. The van der Waals surface area contributed by atoms with Crippen molar-refractivity contribution >= 4 is 40.1 Å². The van der Waals surface area contributed by atoms with Crippen molar-refractivity contribution in [3.8, 4) is 0 Å². The Bertz CT molecular complexity index is 316. The highest BCUT2D eigenvalue weighted by Crippen LogP contribution is 2.07. The molecule has 1 N–H and O–H groups in total. The van der Waals surface area contributed by atoms with Crippen LogP contribution in [0.25, 0.3) is 0 Å². The Morgan fingerprint density at radius 3 is 2.79 bits per heavy atom. The highest BCUT2D eigenvalue weighted by molar-refractivity contribution is 8.21. The lowest BCUT2D eigenvalue weighted by Crippen LogP contribution is -2.19. The van der Waals surface area contributed by atoms with Crippen LogP contribution >= 0.6 is 35.8 Å². The van der Waals surface area contributed by atoms with Crippen LogP contribution in [0.2, 0.25) is 0 Å². The summed E-state index contributed by atoms with van der Waals surface area (Å²) < 4.78 is 2.67. The van der Waals surface area contributed by atoms with E-state index in [-0.39, 0.29) is 0 Å². The molecule has 5 heteroatoms. The van der Waals surface area contributed by atoms with E-state index in [1.807, 2.05) is 41.5 Å². The first kappa shape index (κ1) is 11.6. The molecular weight excluding hydrogens is 236 g/mol. The van der Waals surface area contributed by atoms with Gasteiger partial charge in [-0.15, -0.1) is 0 Å². The molecule has 0 amide bonds. The zero-order valence-electron chi connectivity index (χ0n) is 7.74. The number of nitrogens with zero attached hydrogens (tertiary/aromatic N) is 1. The number of allylic oxidation sites excluding steroid dienone is 1. The number of halogens is 1. The third kappa shape index (κ3) is 4.69. The standard InChI is InChI=1S/C9H11ClN2S2/c1-8(10)4-5-11-9(13)14-12-6-2-3-7-12/h2-4,6-7H,5H2,1H3,(H,11,13). The number of hydrogen-bond acceptors (Lipinski definition) is 2. The summed E-state index contributed by atoms with van der Waals surface area (Å²) in [5.74, 6) is 0. The van der Waals surface area contributed by atoms with Gasteiger partial charge in [0.25, 0.3) is 0 Å². The summed E-state index contributed by atoms with van der Waals surface area (Å²) in [4.78, 5) is 0. The fourth-order valence-corrected chi connectivity index (χ4v) is 1.80. The van der Waals surface area contributed by atoms with Crippen LogP contribution in [-0.2, 0) is 0 Å². The van der Waals surface area contributed by atoms with Gasteiger partial charge in [0.15, 0.2) is 4.32 Å². The predicted octanol–water partition coefficient (Wildman–Crippen LogP) is 3.00. The first-order chi connectivity index (χ1) is 6.68. The van der Waals surface area contributed by atoms with E-state index in [2.05, 4.69) is 5.32 Å². The zero-order chi connectivity index (χ0) is 10.4. The minimum absolute atomic E-state index is 0.669. The van der Waals surface area contributed by atoms with Crippen LogP contribution in [0.3, 0.4) is 0 Å². The van der Waals surface area contributed by atoms with Gasteiger partial charge < -0.3 is 5.32 Å². The number of nitrogens with one attached hydrogen (secondary N) is 1. The van der Waals surface area contributed by atoms with E-state index >= 15 is 0 Å². The van der Waals surface area contributed by atoms with Gasteiger partial charge in [-0.3, -0.25) is 3.97 Å². The second-order valence-electron chi connectivity index (χ2n) is 2.59. The van der Waals surface area contributed by atoms with E-state index in [9.17, 15) is 0 Å². The maximum absolute atomic E-state index is 5.67. The molecule has 0 saturated carbocycles. The molecule has 1 rings (SSSR count). The Morgan fingerprint density at radius 2 is 2.21 bits per heavy atom. The summed E-state index contributed by atoms with van der Waals surface area (Å²) in [6.07, 6.45) is 5.77. The normalized spacial score (nSPS) is 11.4. The Morgan fingerprint density at radius 1 is 1.57 bits per heavy atom. The fraction of sp³-hybridized carbons (Fsp3) is 0.222. The van der Waals surface area contributed by atoms with Crippen LogP contribution in [0.4, 0.5) is 0 Å². The third-order valence-corrected chi connectivity index (χ3v) is 2.68. The van der Waals surface area contributed by atoms with Gasteiger partial charge in [0.1, 0.15) is 0 Å². The molecule has 0 bridgehead atoms. The second-order valence-corrected chi connectivity index (χ2v) is 4.87. The minimum Gasteiger partial charge on any atom is -0.366 e. The quantitative estimate of drug-likeness (QED) is 0.827. The van der Waals surface area contributed by atoms with Crippen LogP contribution in [0.15, 0.2) is 35.6 Å². The third-order valence-electron chi connectivity index (χ3n) is 1.40. The number of rotatable bonds is 3. The van der Waals surface area contributed by atoms with E-state index in [4.69, 9.17) is 23.8 Å². The molecule has 0 aliphatic heterocycles. The minimum atomic E-state index is 0.669. The van der Waals surface area contributed by atoms with Gasteiger partial charge in [0, 0.05) is 35.9 Å². The molecule has 14 heavy (non-hydrogen) atoms. The fourth-order valence-electron chi connectivity index (χ4n) is 0.783. The summed E-state index contributed by atoms with van der Waals surface area (Å²) in [6.45, 7) is 2.51. The Labute approximate surface area is 98.5 Å². The second kappa shape index (κ2) is 6.11. The zero-order valence-corrected chi connectivity index (χ0v) is 10.1. The summed E-state index contributed by atoms with van der Waals surface area (Å²) in [7, 11) is 0. The maximum Gasteiger partial charge on any atom is 0.155 e. The van der Waals surface area contributed by atoms with Crippen LogP contribution in [0, 0.1) is 0 Å². The monoisotopic (exact) mass is 246 g/mol. The molecule has 1 aromatic rings. The van der Waals surface area contributed by atoms with Crippen molar-refractivity contribution in [2.75, 3.05) is 6.54 Å². The van der Waals surface area contributed by atoms with Crippen molar-refractivity contribution in [1.82, 2.24) is 9.29 Å². The Hall–Kier alpha value is -0.450. The lowest BCUT2D eigenvalue weighted by Gasteiger charge is -2.04. The molecule has 0 spiro atoms. The molecular formula is C9H11ClN2S2. The SMILES string of the molecule is CC(Cl)=CCNC(=S)Sn1cccc1. The van der Waals surface area contributed by atoms with Gasteiger partial charge in [0.05, 0.1) is 0 Å². The summed E-state index contributed by atoms with van der Waals surface area (Å²) >= 11 is 12.2. The van der Waals surface area contributed by atoms with Crippen LogP contribution in [0.1, 0.15) is 6.92 Å². The molecule has 1 heterocycles. The number of hydrogen-bond donors (Lipinski definition) is 1. The molecule has 0 fully saturated rings. The van der Waals surface area contributed by atoms with Gasteiger partial charge in [0.2, 0.25) is 0 Å². The van der Waals surface area contributed by atoms with Gasteiger partial charge in [-0.1, -0.05) is 29.9 Å². The van der Waals surface area contributed by atoms with Gasteiger partial charge >= 0.3 is 0 Å². The molecule has 0 unspecified atom stereocenters. The molecule has 0 aliphatic carbocycles. The van der Waals surface area contributed by atoms with Crippen LogP contribution < -0.4 is 5.32 Å². The maximum atomic E-state index is 5.67. The average molecular weight is 247 g/mol. The molecule has 2 nitrogen and oxygen atoms in total. The Kier molecular flexibility index (Phi) is 5.07. The van der Waals surface area contributed by atoms with E-state index in [1.54, 1.807) is 0 Å². The van der Waals surface area contributed by atoms with Crippen molar-refractivity contribution in [2.45, 2.75) is 6.92 Å². The molecule has 76 valence electrons. The van der Waals surface area contributed by atoms with E-state index in [0.29, 0.717) is 6.54 Å². The molecule has 0 aliphatic rings. The van der Waals surface area contributed by atoms with Crippen LogP contribution in [-0.4, -0.2) is 14.8 Å². The van der Waals surface area contributed by atoms with Gasteiger partial charge in [-0.2, -0.15) is 0 Å². The van der Waals surface area contributed by atoms with Gasteiger partial charge in [-0.25, -0.2) is 0 Å². The van der Waals surface area contributed by atoms with Crippen molar-refractivity contribution < 1.29 is 0 Å². The Balaban J connectivity index is 2.27. The number of aromatic nitrogens is 1. The topological polar surface area (TPSA) is 17.0 Å². The first-order valence-electron chi connectivity index (χ1n) is 4.10. The van der Waals surface area contributed by atoms with Gasteiger partial charge in [-0.05, 0) is 19.1 Å². The van der Waals surface area contributed by atoms with E-state index in [1.165, 1.54) is 11.9 Å². The summed E-state index contributed by atoms with van der Waals surface area (Å²) in [5.41, 5.74) is 0.